The molecule has 1 aliphatic rings. The number of imide groups is 1. The summed E-state index contributed by atoms with van der Waals surface area (Å²) in [6, 6.07) is 6.98. The van der Waals surface area contributed by atoms with Crippen LogP contribution in [0, 0.1) is 5.41 Å². The minimum Gasteiger partial charge on any atom is -0.491 e. The fourth-order valence-electron chi connectivity index (χ4n) is 4.12. The van der Waals surface area contributed by atoms with E-state index in [-0.39, 0.29) is 29.9 Å². The van der Waals surface area contributed by atoms with E-state index in [1.165, 1.54) is 5.56 Å². The highest BCUT2D eigenvalue weighted by Crippen LogP contribution is 2.36. The Labute approximate surface area is 174 Å². The number of β-amino-alcohol motifs (C(OH)–C–C–N with tert-alkyl or cyclic N) is 1. The van der Waals surface area contributed by atoms with Crippen molar-refractivity contribution in [3.63, 3.8) is 0 Å². The minimum atomic E-state index is -0.943. The van der Waals surface area contributed by atoms with Crippen LogP contribution in [0.25, 0.3) is 0 Å². The summed E-state index contributed by atoms with van der Waals surface area (Å²) in [4.78, 5) is 25.3. The second-order valence-electron chi connectivity index (χ2n) is 9.85. The molecule has 1 aromatic carbocycles. The van der Waals surface area contributed by atoms with Crippen LogP contribution in [-0.2, 0) is 10.2 Å². The second-order valence-corrected chi connectivity index (χ2v) is 9.85. The van der Waals surface area contributed by atoms with Gasteiger partial charge >= 0.3 is 6.03 Å². The quantitative estimate of drug-likeness (QED) is 0.613. The summed E-state index contributed by atoms with van der Waals surface area (Å²) in [5.74, 6) is 0.377. The van der Waals surface area contributed by atoms with E-state index in [2.05, 4.69) is 52.1 Å². The van der Waals surface area contributed by atoms with Gasteiger partial charge in [-0.25, -0.2) is 4.79 Å². The molecular formula is C23H36N2O4. The summed E-state index contributed by atoms with van der Waals surface area (Å²) in [7, 11) is 0. The number of hydrogen-bond acceptors (Lipinski definition) is 4. The van der Waals surface area contributed by atoms with Crippen molar-refractivity contribution in [2.75, 3.05) is 13.2 Å². The van der Waals surface area contributed by atoms with Gasteiger partial charge in [0.15, 0.2) is 0 Å². The smallest absolute Gasteiger partial charge is 0.324 e. The van der Waals surface area contributed by atoms with Gasteiger partial charge in [0.1, 0.15) is 24.5 Å². The van der Waals surface area contributed by atoms with Crippen molar-refractivity contribution in [3.05, 3.63) is 29.8 Å². The molecule has 6 nitrogen and oxygen atoms in total. The molecule has 1 aromatic rings. The van der Waals surface area contributed by atoms with Crippen molar-refractivity contribution >= 4 is 11.9 Å². The molecule has 162 valence electrons. The molecule has 6 heteroatoms. The van der Waals surface area contributed by atoms with Gasteiger partial charge in [0.05, 0.1) is 6.54 Å². The van der Waals surface area contributed by atoms with Gasteiger partial charge in [0.25, 0.3) is 5.91 Å². The number of carbonyl (C=O) groups is 2. The number of rotatable bonds is 9. The third kappa shape index (κ3) is 6.46. The van der Waals surface area contributed by atoms with E-state index >= 15 is 0 Å². The fourth-order valence-corrected chi connectivity index (χ4v) is 4.12. The molecular weight excluding hydrogens is 368 g/mol. The summed E-state index contributed by atoms with van der Waals surface area (Å²) >= 11 is 0. The summed E-state index contributed by atoms with van der Waals surface area (Å²) in [6.45, 7) is 13.1. The van der Waals surface area contributed by atoms with Crippen LogP contribution in [0.4, 0.5) is 4.79 Å². The summed E-state index contributed by atoms with van der Waals surface area (Å²) < 4.78 is 5.67. The standard InChI is InChI=1S/C23H36N2O4/c1-7-8-19-20(27)25(21(28)24-19)13-17(26)14-29-18-11-9-16(10-12-18)23(5,6)15-22(2,3)4/h9-12,17,19,26H,7-8,13-15H2,1-6H3,(H,24,28)/t17-,19-/m0/s1. The molecule has 29 heavy (non-hydrogen) atoms. The van der Waals surface area contributed by atoms with Gasteiger partial charge in [-0.15, -0.1) is 0 Å². The van der Waals surface area contributed by atoms with Crippen molar-refractivity contribution in [2.45, 2.75) is 78.4 Å². The van der Waals surface area contributed by atoms with Crippen molar-refractivity contribution in [3.8, 4) is 5.75 Å². The average molecular weight is 405 g/mol. The Hall–Kier alpha value is -2.08. The molecule has 0 saturated carbocycles. The van der Waals surface area contributed by atoms with Crippen LogP contribution >= 0.6 is 0 Å². The third-order valence-electron chi connectivity index (χ3n) is 5.13. The maximum Gasteiger partial charge on any atom is 0.324 e. The van der Waals surface area contributed by atoms with Crippen LogP contribution in [0.1, 0.15) is 66.4 Å². The highest BCUT2D eigenvalue weighted by molar-refractivity contribution is 6.04. The predicted molar refractivity (Wildman–Crippen MR) is 114 cm³/mol. The van der Waals surface area contributed by atoms with Crippen LogP contribution in [-0.4, -0.2) is 47.2 Å². The van der Waals surface area contributed by atoms with Crippen LogP contribution in [0.2, 0.25) is 0 Å². The van der Waals surface area contributed by atoms with Crippen molar-refractivity contribution in [1.82, 2.24) is 10.2 Å². The number of amides is 3. The van der Waals surface area contributed by atoms with Crippen LogP contribution in [0.5, 0.6) is 5.75 Å². The Morgan fingerprint density at radius 2 is 1.76 bits per heavy atom. The van der Waals surface area contributed by atoms with Gasteiger partial charge < -0.3 is 15.2 Å². The Kier molecular flexibility index (Phi) is 7.33. The SMILES string of the molecule is CCC[C@@H]1NC(=O)N(C[C@H](O)COc2ccc(C(C)(C)CC(C)(C)C)cc2)C1=O. The van der Waals surface area contributed by atoms with Crippen molar-refractivity contribution < 1.29 is 19.4 Å². The molecule has 2 atom stereocenters. The lowest BCUT2D eigenvalue weighted by Gasteiger charge is -2.33. The Balaban J connectivity index is 1.88. The molecule has 1 heterocycles. The molecule has 0 spiro atoms. The molecule has 1 fully saturated rings. The number of benzene rings is 1. The number of aliphatic hydroxyl groups excluding tert-OH is 1. The van der Waals surface area contributed by atoms with Crippen molar-refractivity contribution in [2.24, 2.45) is 5.41 Å². The van der Waals surface area contributed by atoms with Crippen molar-refractivity contribution in [1.29, 1.82) is 0 Å². The van der Waals surface area contributed by atoms with Crippen LogP contribution in [0.15, 0.2) is 24.3 Å². The van der Waals surface area contributed by atoms with Crippen LogP contribution in [0.3, 0.4) is 0 Å². The molecule has 2 N–H and O–H groups in total. The number of hydrogen-bond donors (Lipinski definition) is 2. The number of ether oxygens (including phenoxy) is 1. The molecule has 0 aromatic heterocycles. The zero-order valence-corrected chi connectivity index (χ0v) is 18.6. The Bertz CT molecular complexity index is 707. The normalized spacial score (nSPS) is 18.7. The Morgan fingerprint density at radius 1 is 1.14 bits per heavy atom. The van der Waals surface area contributed by atoms with E-state index in [1.807, 2.05) is 19.1 Å². The van der Waals surface area contributed by atoms with Gasteiger partial charge in [-0.1, -0.05) is 60.1 Å². The van der Waals surface area contributed by atoms with E-state index < -0.39 is 18.2 Å². The largest absolute Gasteiger partial charge is 0.491 e. The van der Waals surface area contributed by atoms with E-state index in [4.69, 9.17) is 4.74 Å². The lowest BCUT2D eigenvalue weighted by atomic mass is 9.72. The molecule has 1 aliphatic heterocycles. The number of nitrogens with one attached hydrogen (secondary N) is 1. The molecule has 1 saturated heterocycles. The first-order valence-corrected chi connectivity index (χ1v) is 10.5. The zero-order valence-electron chi connectivity index (χ0n) is 18.6. The summed E-state index contributed by atoms with van der Waals surface area (Å²) in [5.41, 5.74) is 1.52. The first-order valence-electron chi connectivity index (χ1n) is 10.5. The highest BCUT2D eigenvalue weighted by atomic mass is 16.5. The van der Waals surface area contributed by atoms with Gasteiger partial charge in [-0.05, 0) is 41.4 Å². The van der Waals surface area contributed by atoms with Gasteiger partial charge in [-0.2, -0.15) is 0 Å². The molecule has 0 aliphatic carbocycles. The van der Waals surface area contributed by atoms with Gasteiger partial charge in [0, 0.05) is 0 Å². The first-order chi connectivity index (χ1) is 13.4. The highest BCUT2D eigenvalue weighted by Gasteiger charge is 2.38. The topological polar surface area (TPSA) is 78.9 Å². The van der Waals surface area contributed by atoms with Crippen LogP contribution < -0.4 is 10.1 Å². The number of nitrogens with zero attached hydrogens (tertiary/aromatic N) is 1. The third-order valence-corrected chi connectivity index (χ3v) is 5.13. The zero-order chi connectivity index (χ0) is 21.8. The molecule has 0 unspecified atom stereocenters. The molecule has 2 rings (SSSR count). The Morgan fingerprint density at radius 3 is 2.31 bits per heavy atom. The predicted octanol–water partition coefficient (Wildman–Crippen LogP) is 3.86. The average Bonchev–Trinajstić information content (AvgIpc) is 2.86. The van der Waals surface area contributed by atoms with E-state index in [9.17, 15) is 14.7 Å². The fraction of sp³-hybridized carbons (Fsp3) is 0.652. The summed E-state index contributed by atoms with van der Waals surface area (Å²) in [5, 5.41) is 12.9. The number of carbonyl (C=O) groups excluding carboxylic acids is 2. The van der Waals surface area contributed by atoms with E-state index in [0.29, 0.717) is 12.2 Å². The number of aliphatic hydroxyl groups is 1. The number of urea groups is 1. The van der Waals surface area contributed by atoms with Gasteiger partial charge in [0.2, 0.25) is 0 Å². The monoisotopic (exact) mass is 404 g/mol. The lowest BCUT2D eigenvalue weighted by molar-refractivity contribution is -0.128. The maximum absolute atomic E-state index is 12.2. The molecule has 0 bridgehead atoms. The lowest BCUT2D eigenvalue weighted by Crippen LogP contribution is -2.40. The second kappa shape index (κ2) is 9.16. The van der Waals surface area contributed by atoms with Gasteiger partial charge in [-0.3, -0.25) is 9.69 Å². The summed E-state index contributed by atoms with van der Waals surface area (Å²) in [6.07, 6.45) is 1.52. The van der Waals surface area contributed by atoms with E-state index in [0.717, 1.165) is 17.7 Å². The van der Waals surface area contributed by atoms with E-state index in [1.54, 1.807) is 0 Å². The molecule has 0 radical (unpaired) electrons. The maximum atomic E-state index is 12.2. The first kappa shape index (κ1) is 23.2. The molecule has 3 amide bonds. The minimum absolute atomic E-state index is 0.0141.